The van der Waals surface area contributed by atoms with Crippen molar-refractivity contribution in [1.29, 1.82) is 0 Å². The number of nitrogens with one attached hydrogen (secondary N) is 2. The lowest BCUT2D eigenvalue weighted by Crippen LogP contribution is -2.35. The lowest BCUT2D eigenvalue weighted by molar-refractivity contribution is -0.136. The Balaban J connectivity index is 1.95. The molecule has 5 nitrogen and oxygen atoms in total. The topological polar surface area (TPSA) is 67.4 Å². The molecule has 120 valence electrons. The number of carbonyl (C=O) groups excluding carboxylic acids is 2. The van der Waals surface area contributed by atoms with Gasteiger partial charge in [0, 0.05) is 23.9 Å². The predicted octanol–water partition coefficient (Wildman–Crippen LogP) is 2.23. The Morgan fingerprint density at radius 2 is 1.78 bits per heavy atom. The van der Waals surface area contributed by atoms with Gasteiger partial charge in [0.15, 0.2) is 11.6 Å². The van der Waals surface area contributed by atoms with Gasteiger partial charge in [0.2, 0.25) is 0 Å². The van der Waals surface area contributed by atoms with Gasteiger partial charge in [-0.05, 0) is 18.2 Å². The summed E-state index contributed by atoms with van der Waals surface area (Å²) in [7, 11) is 1.50. The molecule has 2 aromatic rings. The molecular weight excluding hydrogens is 306 g/mol. The van der Waals surface area contributed by atoms with Crippen molar-refractivity contribution >= 4 is 17.5 Å². The van der Waals surface area contributed by atoms with Gasteiger partial charge in [0.05, 0.1) is 7.11 Å². The molecule has 0 aliphatic carbocycles. The fraction of sp³-hybridized carbons (Fsp3) is 0.125. The van der Waals surface area contributed by atoms with Crippen LogP contribution in [0.5, 0.6) is 5.75 Å². The van der Waals surface area contributed by atoms with Gasteiger partial charge in [-0.1, -0.05) is 18.2 Å². The maximum atomic E-state index is 13.0. The molecule has 0 saturated heterocycles. The zero-order valence-electron chi connectivity index (χ0n) is 12.2. The van der Waals surface area contributed by atoms with Gasteiger partial charge in [-0.15, -0.1) is 0 Å². The molecule has 2 amide bonds. The average Bonchev–Trinajstić information content (AvgIpc) is 2.56. The molecule has 0 saturated carbocycles. The van der Waals surface area contributed by atoms with Gasteiger partial charge < -0.3 is 15.4 Å². The van der Waals surface area contributed by atoms with Crippen LogP contribution in [0.1, 0.15) is 5.56 Å². The molecule has 2 N–H and O–H groups in total. The molecular formula is C16H14F2N2O3. The van der Waals surface area contributed by atoms with E-state index in [4.69, 9.17) is 4.74 Å². The standard InChI is InChI=1S/C16H14F2N2O3/c1-23-14-5-3-2-4-10(14)9-19-15(21)16(22)20-11-6-7-12(17)13(18)8-11/h2-8H,9H2,1H3,(H,19,21)(H,20,22). The molecule has 0 spiro atoms. The number of benzene rings is 2. The van der Waals surface area contributed by atoms with E-state index in [1.165, 1.54) is 7.11 Å². The maximum Gasteiger partial charge on any atom is 0.313 e. The van der Waals surface area contributed by atoms with Gasteiger partial charge in [-0.3, -0.25) is 9.59 Å². The van der Waals surface area contributed by atoms with Crippen LogP contribution in [0.15, 0.2) is 42.5 Å². The molecule has 0 unspecified atom stereocenters. The van der Waals surface area contributed by atoms with Crippen LogP contribution in [0.25, 0.3) is 0 Å². The highest BCUT2D eigenvalue weighted by Crippen LogP contribution is 2.16. The number of hydrogen-bond donors (Lipinski definition) is 2. The van der Waals surface area contributed by atoms with Crippen LogP contribution in [0, 0.1) is 11.6 Å². The second-order valence-corrected chi connectivity index (χ2v) is 4.58. The van der Waals surface area contributed by atoms with E-state index >= 15 is 0 Å². The zero-order valence-corrected chi connectivity index (χ0v) is 12.2. The summed E-state index contributed by atoms with van der Waals surface area (Å²) in [5.74, 6) is -3.46. The molecule has 0 atom stereocenters. The third-order valence-electron chi connectivity index (χ3n) is 3.02. The minimum atomic E-state index is -1.11. The van der Waals surface area contributed by atoms with E-state index in [9.17, 15) is 18.4 Å². The molecule has 0 radical (unpaired) electrons. The van der Waals surface area contributed by atoms with E-state index in [2.05, 4.69) is 10.6 Å². The fourth-order valence-corrected chi connectivity index (χ4v) is 1.87. The number of hydrogen-bond acceptors (Lipinski definition) is 3. The second-order valence-electron chi connectivity index (χ2n) is 4.58. The Labute approximate surface area is 131 Å². The van der Waals surface area contributed by atoms with Crippen LogP contribution >= 0.6 is 0 Å². The summed E-state index contributed by atoms with van der Waals surface area (Å²) in [5.41, 5.74) is 0.685. The highest BCUT2D eigenvalue weighted by molar-refractivity contribution is 6.39. The molecule has 7 heteroatoms. The first-order chi connectivity index (χ1) is 11.0. The van der Waals surface area contributed by atoms with Crippen molar-refractivity contribution in [2.24, 2.45) is 0 Å². The summed E-state index contributed by atoms with van der Waals surface area (Å²) in [4.78, 5) is 23.5. The average molecular weight is 320 g/mol. The second kappa shape index (κ2) is 7.35. The van der Waals surface area contributed by atoms with Gasteiger partial charge in [-0.25, -0.2) is 8.78 Å². The van der Waals surface area contributed by atoms with E-state index < -0.39 is 23.4 Å². The number of para-hydroxylation sites is 1. The van der Waals surface area contributed by atoms with Crippen LogP contribution in [-0.2, 0) is 16.1 Å². The van der Waals surface area contributed by atoms with E-state index in [1.54, 1.807) is 24.3 Å². The van der Waals surface area contributed by atoms with Crippen molar-refractivity contribution in [3.05, 3.63) is 59.7 Å². The van der Waals surface area contributed by atoms with Crippen molar-refractivity contribution in [2.75, 3.05) is 12.4 Å². The lowest BCUT2D eigenvalue weighted by atomic mass is 10.2. The van der Waals surface area contributed by atoms with Gasteiger partial charge in [0.25, 0.3) is 0 Å². The van der Waals surface area contributed by atoms with Crippen LogP contribution in [0.4, 0.5) is 14.5 Å². The number of amides is 2. The first kappa shape index (κ1) is 16.4. The number of ether oxygens (including phenoxy) is 1. The van der Waals surface area contributed by atoms with E-state index in [0.717, 1.165) is 18.2 Å². The Hall–Kier alpha value is -2.96. The Kier molecular flexibility index (Phi) is 5.24. The number of carbonyl (C=O) groups is 2. The number of methoxy groups -OCH3 is 1. The van der Waals surface area contributed by atoms with E-state index in [0.29, 0.717) is 11.3 Å². The summed E-state index contributed by atoms with van der Waals surface area (Å²) in [6, 6.07) is 9.82. The first-order valence-corrected chi connectivity index (χ1v) is 6.67. The summed E-state index contributed by atoms with van der Waals surface area (Å²) < 4.78 is 31.0. The van der Waals surface area contributed by atoms with Crippen LogP contribution < -0.4 is 15.4 Å². The van der Waals surface area contributed by atoms with Crippen molar-refractivity contribution < 1.29 is 23.1 Å². The SMILES string of the molecule is COc1ccccc1CNC(=O)C(=O)Nc1ccc(F)c(F)c1. The molecule has 2 rings (SSSR count). The first-order valence-electron chi connectivity index (χ1n) is 6.67. The molecule has 0 bridgehead atoms. The van der Waals surface area contributed by atoms with Gasteiger partial charge in [-0.2, -0.15) is 0 Å². The largest absolute Gasteiger partial charge is 0.496 e. The van der Waals surface area contributed by atoms with Crippen molar-refractivity contribution in [3.8, 4) is 5.75 Å². The van der Waals surface area contributed by atoms with Gasteiger partial charge in [0.1, 0.15) is 5.75 Å². The van der Waals surface area contributed by atoms with Crippen molar-refractivity contribution in [2.45, 2.75) is 6.54 Å². The van der Waals surface area contributed by atoms with Crippen molar-refractivity contribution in [3.63, 3.8) is 0 Å². The van der Waals surface area contributed by atoms with Gasteiger partial charge >= 0.3 is 11.8 Å². The summed E-state index contributed by atoms with van der Waals surface area (Å²) in [5, 5.41) is 4.61. The number of rotatable bonds is 4. The molecule has 0 aliphatic rings. The lowest BCUT2D eigenvalue weighted by Gasteiger charge is -2.09. The third kappa shape index (κ3) is 4.26. The molecule has 0 aliphatic heterocycles. The fourth-order valence-electron chi connectivity index (χ4n) is 1.87. The summed E-state index contributed by atoms with van der Waals surface area (Å²) >= 11 is 0. The quantitative estimate of drug-likeness (QED) is 0.849. The Morgan fingerprint density at radius 3 is 2.48 bits per heavy atom. The smallest absolute Gasteiger partial charge is 0.313 e. The van der Waals surface area contributed by atoms with Crippen molar-refractivity contribution in [1.82, 2.24) is 5.32 Å². The van der Waals surface area contributed by atoms with E-state index in [1.807, 2.05) is 0 Å². The Bertz CT molecular complexity index is 735. The molecule has 0 fully saturated rings. The molecule has 23 heavy (non-hydrogen) atoms. The minimum absolute atomic E-state index is 0.0126. The molecule has 0 aromatic heterocycles. The number of halogens is 2. The number of anilines is 1. The van der Waals surface area contributed by atoms with Crippen LogP contribution in [0.2, 0.25) is 0 Å². The monoisotopic (exact) mass is 320 g/mol. The van der Waals surface area contributed by atoms with E-state index in [-0.39, 0.29) is 12.2 Å². The highest BCUT2D eigenvalue weighted by Gasteiger charge is 2.15. The maximum absolute atomic E-state index is 13.0. The highest BCUT2D eigenvalue weighted by atomic mass is 19.2. The van der Waals surface area contributed by atoms with Crippen LogP contribution in [-0.4, -0.2) is 18.9 Å². The summed E-state index contributed by atoms with van der Waals surface area (Å²) in [6.07, 6.45) is 0. The normalized spacial score (nSPS) is 10.0. The minimum Gasteiger partial charge on any atom is -0.496 e. The Morgan fingerprint density at radius 1 is 1.04 bits per heavy atom. The summed E-state index contributed by atoms with van der Waals surface area (Å²) in [6.45, 7) is 0.0913. The predicted molar refractivity (Wildman–Crippen MR) is 79.8 cm³/mol. The molecule has 0 heterocycles. The van der Waals surface area contributed by atoms with Crippen LogP contribution in [0.3, 0.4) is 0 Å². The zero-order chi connectivity index (χ0) is 16.8. The molecule has 2 aromatic carbocycles. The third-order valence-corrected chi connectivity index (χ3v) is 3.02.